The lowest BCUT2D eigenvalue weighted by Crippen LogP contribution is -2.40. The van der Waals surface area contributed by atoms with E-state index in [9.17, 15) is 4.79 Å². The number of imidazole rings is 1. The molecule has 3 heterocycles. The number of hydrogen-bond acceptors (Lipinski definition) is 6. The average molecular weight is 462 g/mol. The second-order valence-corrected chi connectivity index (χ2v) is 9.55. The van der Waals surface area contributed by atoms with Gasteiger partial charge in [-0.3, -0.25) is 4.79 Å². The van der Waals surface area contributed by atoms with Crippen LogP contribution in [0.3, 0.4) is 0 Å². The lowest BCUT2D eigenvalue weighted by atomic mass is 9.97. The summed E-state index contributed by atoms with van der Waals surface area (Å²) in [5, 5.41) is 8.78. The molecule has 2 aromatic heterocycles. The SMILES string of the molecule is COc1ccc(-c2cn3nc(N4CCC[C@@H](C(=O)Nc5cc(C)cc(C)c5)C4)sc3n2)cc1. The number of benzene rings is 2. The largest absolute Gasteiger partial charge is 0.497 e. The van der Waals surface area contributed by atoms with E-state index < -0.39 is 0 Å². The third-order valence-electron chi connectivity index (χ3n) is 5.97. The van der Waals surface area contributed by atoms with E-state index in [1.165, 1.54) is 0 Å². The zero-order chi connectivity index (χ0) is 22.9. The first-order chi connectivity index (χ1) is 16.0. The third-order valence-corrected chi connectivity index (χ3v) is 6.95. The minimum absolute atomic E-state index is 0.0642. The van der Waals surface area contributed by atoms with E-state index in [-0.39, 0.29) is 11.8 Å². The van der Waals surface area contributed by atoms with Gasteiger partial charge in [-0.1, -0.05) is 17.4 Å². The molecule has 5 rings (SSSR count). The first kappa shape index (κ1) is 21.5. The van der Waals surface area contributed by atoms with Crippen LogP contribution in [0, 0.1) is 19.8 Å². The van der Waals surface area contributed by atoms with E-state index in [0.717, 1.165) is 63.3 Å². The van der Waals surface area contributed by atoms with E-state index in [0.29, 0.717) is 6.54 Å². The Hall–Kier alpha value is -3.39. The van der Waals surface area contributed by atoms with Crippen LogP contribution in [0.1, 0.15) is 24.0 Å². The molecule has 0 aliphatic carbocycles. The van der Waals surface area contributed by atoms with Gasteiger partial charge in [-0.05, 0) is 74.2 Å². The third kappa shape index (κ3) is 4.57. The summed E-state index contributed by atoms with van der Waals surface area (Å²) in [5.74, 6) is 0.833. The highest BCUT2D eigenvalue weighted by molar-refractivity contribution is 7.20. The van der Waals surface area contributed by atoms with Crippen LogP contribution in [0.5, 0.6) is 5.75 Å². The van der Waals surface area contributed by atoms with E-state index >= 15 is 0 Å². The van der Waals surface area contributed by atoms with Gasteiger partial charge >= 0.3 is 0 Å². The van der Waals surface area contributed by atoms with Gasteiger partial charge in [0.05, 0.1) is 24.9 Å². The monoisotopic (exact) mass is 461 g/mol. The highest BCUT2D eigenvalue weighted by Gasteiger charge is 2.28. The fourth-order valence-corrected chi connectivity index (χ4v) is 5.29. The Kier molecular flexibility index (Phi) is 5.76. The number of piperidine rings is 1. The molecule has 1 amide bonds. The molecule has 1 aliphatic heterocycles. The molecule has 1 fully saturated rings. The highest BCUT2D eigenvalue weighted by atomic mass is 32.1. The zero-order valence-electron chi connectivity index (χ0n) is 19.0. The molecule has 1 atom stereocenters. The van der Waals surface area contributed by atoms with Gasteiger partial charge in [-0.2, -0.15) is 0 Å². The minimum Gasteiger partial charge on any atom is -0.497 e. The van der Waals surface area contributed by atoms with Crippen molar-refractivity contribution in [3.05, 3.63) is 59.8 Å². The molecule has 0 bridgehead atoms. The zero-order valence-corrected chi connectivity index (χ0v) is 19.9. The maximum Gasteiger partial charge on any atom is 0.229 e. The van der Waals surface area contributed by atoms with Gasteiger partial charge in [0.1, 0.15) is 5.75 Å². The smallest absolute Gasteiger partial charge is 0.229 e. The number of methoxy groups -OCH3 is 1. The fourth-order valence-electron chi connectivity index (χ4n) is 4.37. The van der Waals surface area contributed by atoms with E-state index in [4.69, 9.17) is 14.8 Å². The number of fused-ring (bicyclic) bond motifs is 1. The molecular weight excluding hydrogens is 434 g/mol. The number of rotatable bonds is 5. The van der Waals surface area contributed by atoms with Crippen molar-refractivity contribution in [2.24, 2.45) is 5.92 Å². The molecule has 4 aromatic rings. The van der Waals surface area contributed by atoms with Gasteiger partial charge in [0.25, 0.3) is 0 Å². The van der Waals surface area contributed by atoms with Crippen LogP contribution in [0.15, 0.2) is 48.7 Å². The Balaban J connectivity index is 1.29. The van der Waals surface area contributed by atoms with E-state index in [1.807, 2.05) is 61.0 Å². The lowest BCUT2D eigenvalue weighted by molar-refractivity contribution is -0.120. The molecule has 1 saturated heterocycles. The minimum atomic E-state index is -0.0642. The van der Waals surface area contributed by atoms with Crippen LogP contribution in [-0.4, -0.2) is 40.7 Å². The molecule has 0 saturated carbocycles. The molecule has 7 nitrogen and oxygen atoms in total. The second-order valence-electron chi connectivity index (χ2n) is 8.62. The number of nitrogens with one attached hydrogen (secondary N) is 1. The molecule has 0 radical (unpaired) electrons. The van der Waals surface area contributed by atoms with Gasteiger partial charge < -0.3 is 15.0 Å². The van der Waals surface area contributed by atoms with Crippen LogP contribution < -0.4 is 15.0 Å². The number of hydrogen-bond donors (Lipinski definition) is 1. The Labute approximate surface area is 197 Å². The Morgan fingerprint density at radius 1 is 1.15 bits per heavy atom. The molecule has 8 heteroatoms. The Morgan fingerprint density at radius 3 is 2.61 bits per heavy atom. The molecular formula is C25H27N5O2S. The number of amides is 1. The van der Waals surface area contributed by atoms with Crippen LogP contribution in [0.4, 0.5) is 10.8 Å². The summed E-state index contributed by atoms with van der Waals surface area (Å²) in [5.41, 5.74) is 5.07. The molecule has 2 aromatic carbocycles. The van der Waals surface area contributed by atoms with Gasteiger partial charge in [-0.15, -0.1) is 5.10 Å². The standard InChI is InChI=1S/C25H27N5O2S/c1-16-11-17(2)13-20(12-16)26-23(31)19-5-4-10-29(14-19)25-28-30-15-22(27-24(30)33-25)18-6-8-21(32-3)9-7-18/h6-9,11-13,15,19H,4-5,10,14H2,1-3H3,(H,26,31)/t19-/m1/s1. The maximum atomic E-state index is 13.0. The maximum absolute atomic E-state index is 13.0. The quantitative estimate of drug-likeness (QED) is 0.456. The van der Waals surface area contributed by atoms with Crippen LogP contribution in [0.25, 0.3) is 16.2 Å². The van der Waals surface area contributed by atoms with Gasteiger partial charge in [-0.25, -0.2) is 9.50 Å². The van der Waals surface area contributed by atoms with Crippen LogP contribution in [0.2, 0.25) is 0 Å². The summed E-state index contributed by atoms with van der Waals surface area (Å²) in [6, 6.07) is 14.0. The van der Waals surface area contributed by atoms with Crippen molar-refractivity contribution in [2.45, 2.75) is 26.7 Å². The topological polar surface area (TPSA) is 71.8 Å². The number of carbonyl (C=O) groups is 1. The van der Waals surface area contributed by atoms with Crippen molar-refractivity contribution in [3.8, 4) is 17.0 Å². The van der Waals surface area contributed by atoms with Gasteiger partial charge in [0, 0.05) is 24.3 Å². The normalized spacial score (nSPS) is 16.2. The number of carbonyl (C=O) groups excluding carboxylic acids is 1. The van der Waals surface area contributed by atoms with Crippen LogP contribution in [-0.2, 0) is 4.79 Å². The first-order valence-electron chi connectivity index (χ1n) is 11.1. The van der Waals surface area contributed by atoms with E-state index in [1.54, 1.807) is 18.4 Å². The Bertz CT molecular complexity index is 1240. The summed E-state index contributed by atoms with van der Waals surface area (Å²) in [7, 11) is 1.66. The van der Waals surface area contributed by atoms with Crippen molar-refractivity contribution in [1.29, 1.82) is 0 Å². The van der Waals surface area contributed by atoms with Gasteiger partial charge in [0.2, 0.25) is 16.0 Å². The number of aryl methyl sites for hydroxylation is 2. The van der Waals surface area contributed by atoms with Crippen molar-refractivity contribution in [2.75, 3.05) is 30.4 Å². The molecule has 0 spiro atoms. The van der Waals surface area contributed by atoms with Crippen molar-refractivity contribution in [1.82, 2.24) is 14.6 Å². The molecule has 1 N–H and O–H groups in total. The molecule has 0 unspecified atom stereocenters. The number of aromatic nitrogens is 3. The summed E-state index contributed by atoms with van der Waals surface area (Å²) in [6.07, 6.45) is 3.80. The average Bonchev–Trinajstić information content (AvgIpc) is 3.38. The molecule has 33 heavy (non-hydrogen) atoms. The number of anilines is 2. The van der Waals surface area contributed by atoms with Crippen molar-refractivity contribution < 1.29 is 9.53 Å². The predicted octanol–water partition coefficient (Wildman–Crippen LogP) is 4.94. The number of nitrogens with zero attached hydrogens (tertiary/aromatic N) is 4. The van der Waals surface area contributed by atoms with Crippen LogP contribution >= 0.6 is 11.3 Å². The Morgan fingerprint density at radius 2 is 1.91 bits per heavy atom. The van der Waals surface area contributed by atoms with Gasteiger partial charge in [0.15, 0.2) is 0 Å². The van der Waals surface area contributed by atoms with E-state index in [2.05, 4.69) is 16.3 Å². The van der Waals surface area contributed by atoms with Crippen molar-refractivity contribution in [3.63, 3.8) is 0 Å². The fraction of sp³-hybridized carbons (Fsp3) is 0.320. The highest BCUT2D eigenvalue weighted by Crippen LogP contribution is 2.30. The number of ether oxygens (including phenoxy) is 1. The summed E-state index contributed by atoms with van der Waals surface area (Å²) < 4.78 is 7.06. The van der Waals surface area contributed by atoms with Crippen molar-refractivity contribution >= 4 is 33.0 Å². The second kappa shape index (κ2) is 8.86. The summed E-state index contributed by atoms with van der Waals surface area (Å²) in [6.45, 7) is 5.65. The summed E-state index contributed by atoms with van der Waals surface area (Å²) >= 11 is 1.56. The summed E-state index contributed by atoms with van der Waals surface area (Å²) in [4.78, 5) is 20.8. The molecule has 1 aliphatic rings. The lowest BCUT2D eigenvalue weighted by Gasteiger charge is -2.31. The first-order valence-corrected chi connectivity index (χ1v) is 11.9. The predicted molar refractivity (Wildman–Crippen MR) is 132 cm³/mol. The molecule has 170 valence electrons.